The first-order chi connectivity index (χ1) is 10.5. The minimum absolute atomic E-state index is 0.143. The van der Waals surface area contributed by atoms with Crippen molar-refractivity contribution in [2.24, 2.45) is 5.73 Å². The minimum atomic E-state index is -1.14. The molecule has 2 rings (SSSR count). The molecule has 1 aromatic carbocycles. The largest absolute Gasteiger partial charge is 0.475 e. The SMILES string of the molecule is Cc1oc(C(=O)O)cc1CNC(=O)[C@H](N)Cc1ccccc1. The number of benzene rings is 1. The summed E-state index contributed by atoms with van der Waals surface area (Å²) in [4.78, 5) is 22.8. The van der Waals surface area contributed by atoms with Crippen LogP contribution in [0.25, 0.3) is 0 Å². The Morgan fingerprint density at radius 1 is 1.32 bits per heavy atom. The zero-order valence-corrected chi connectivity index (χ0v) is 12.2. The Morgan fingerprint density at radius 3 is 2.59 bits per heavy atom. The highest BCUT2D eigenvalue weighted by Crippen LogP contribution is 2.14. The fourth-order valence-electron chi connectivity index (χ4n) is 2.07. The molecule has 0 spiro atoms. The molecule has 0 saturated carbocycles. The first kappa shape index (κ1) is 15.8. The summed E-state index contributed by atoms with van der Waals surface area (Å²) >= 11 is 0. The van der Waals surface area contributed by atoms with E-state index in [9.17, 15) is 9.59 Å². The first-order valence-electron chi connectivity index (χ1n) is 6.87. The second-order valence-electron chi connectivity index (χ2n) is 5.01. The average Bonchev–Trinajstić information content (AvgIpc) is 2.87. The maximum atomic E-state index is 12.0. The summed E-state index contributed by atoms with van der Waals surface area (Å²) < 4.78 is 5.08. The minimum Gasteiger partial charge on any atom is -0.475 e. The Morgan fingerprint density at radius 2 is 2.00 bits per heavy atom. The Labute approximate surface area is 127 Å². The maximum Gasteiger partial charge on any atom is 0.371 e. The summed E-state index contributed by atoms with van der Waals surface area (Å²) in [6.45, 7) is 1.84. The predicted molar refractivity (Wildman–Crippen MR) is 80.4 cm³/mol. The molecule has 22 heavy (non-hydrogen) atoms. The molecule has 0 bridgehead atoms. The molecule has 1 heterocycles. The lowest BCUT2D eigenvalue weighted by atomic mass is 10.1. The molecule has 0 aliphatic heterocycles. The van der Waals surface area contributed by atoms with Crippen molar-refractivity contribution in [1.82, 2.24) is 5.32 Å². The summed E-state index contributed by atoms with van der Waals surface area (Å²) in [6, 6.07) is 10.2. The molecule has 1 atom stereocenters. The molecule has 4 N–H and O–H groups in total. The number of carbonyl (C=O) groups excluding carboxylic acids is 1. The lowest BCUT2D eigenvalue weighted by molar-refractivity contribution is -0.122. The topological polar surface area (TPSA) is 106 Å². The van der Waals surface area contributed by atoms with Gasteiger partial charge in [-0.3, -0.25) is 4.79 Å². The van der Waals surface area contributed by atoms with Gasteiger partial charge in [-0.15, -0.1) is 0 Å². The number of carboxylic acids is 1. The van der Waals surface area contributed by atoms with E-state index in [1.807, 2.05) is 30.3 Å². The van der Waals surface area contributed by atoms with Gasteiger partial charge in [0, 0.05) is 12.1 Å². The van der Waals surface area contributed by atoms with Gasteiger partial charge in [0.25, 0.3) is 0 Å². The van der Waals surface area contributed by atoms with Crippen molar-refractivity contribution >= 4 is 11.9 Å². The number of rotatable bonds is 6. The highest BCUT2D eigenvalue weighted by atomic mass is 16.4. The second-order valence-corrected chi connectivity index (χ2v) is 5.01. The van der Waals surface area contributed by atoms with Crippen LogP contribution in [-0.2, 0) is 17.8 Å². The third kappa shape index (κ3) is 3.95. The molecule has 116 valence electrons. The number of carbonyl (C=O) groups is 2. The van der Waals surface area contributed by atoms with Gasteiger partial charge >= 0.3 is 5.97 Å². The van der Waals surface area contributed by atoms with Crippen LogP contribution in [0.2, 0.25) is 0 Å². The predicted octanol–water partition coefficient (Wildman–Crippen LogP) is 1.47. The first-order valence-corrected chi connectivity index (χ1v) is 6.87. The molecule has 0 radical (unpaired) electrons. The van der Waals surface area contributed by atoms with Crippen molar-refractivity contribution in [1.29, 1.82) is 0 Å². The lowest BCUT2D eigenvalue weighted by Gasteiger charge is -2.12. The van der Waals surface area contributed by atoms with Crippen LogP contribution in [0.5, 0.6) is 0 Å². The molecule has 0 saturated heterocycles. The van der Waals surface area contributed by atoms with Gasteiger partial charge in [-0.1, -0.05) is 30.3 Å². The van der Waals surface area contributed by atoms with Gasteiger partial charge in [-0.2, -0.15) is 0 Å². The number of furan rings is 1. The summed E-state index contributed by atoms with van der Waals surface area (Å²) in [5, 5.41) is 11.5. The fourth-order valence-corrected chi connectivity index (χ4v) is 2.07. The van der Waals surface area contributed by atoms with Crippen molar-refractivity contribution in [2.75, 3.05) is 0 Å². The summed E-state index contributed by atoms with van der Waals surface area (Å²) in [6.07, 6.45) is 0.442. The van der Waals surface area contributed by atoms with Crippen molar-refractivity contribution in [3.8, 4) is 0 Å². The maximum absolute atomic E-state index is 12.0. The van der Waals surface area contributed by atoms with Crippen LogP contribution < -0.4 is 11.1 Å². The van der Waals surface area contributed by atoms with Crippen LogP contribution in [-0.4, -0.2) is 23.0 Å². The molecule has 6 nitrogen and oxygen atoms in total. The van der Waals surface area contributed by atoms with Crippen LogP contribution in [0.15, 0.2) is 40.8 Å². The van der Waals surface area contributed by atoms with E-state index in [4.69, 9.17) is 15.3 Å². The van der Waals surface area contributed by atoms with E-state index >= 15 is 0 Å². The monoisotopic (exact) mass is 302 g/mol. The summed E-state index contributed by atoms with van der Waals surface area (Å²) in [7, 11) is 0. The smallest absolute Gasteiger partial charge is 0.371 e. The molecule has 0 aliphatic carbocycles. The quantitative estimate of drug-likeness (QED) is 0.749. The van der Waals surface area contributed by atoms with Crippen molar-refractivity contribution in [3.63, 3.8) is 0 Å². The molecule has 0 unspecified atom stereocenters. The zero-order valence-electron chi connectivity index (χ0n) is 12.2. The normalized spacial score (nSPS) is 11.9. The molecular weight excluding hydrogens is 284 g/mol. The molecule has 1 aromatic heterocycles. The Balaban J connectivity index is 1.91. The summed E-state index contributed by atoms with van der Waals surface area (Å²) in [5.41, 5.74) is 7.48. The van der Waals surface area contributed by atoms with E-state index in [1.54, 1.807) is 6.92 Å². The van der Waals surface area contributed by atoms with Crippen LogP contribution in [0.1, 0.15) is 27.4 Å². The standard InChI is InChI=1S/C16H18N2O4/c1-10-12(8-14(22-10)16(20)21)9-18-15(19)13(17)7-11-5-3-2-4-6-11/h2-6,8,13H,7,9,17H2,1H3,(H,18,19)(H,20,21)/t13-/m1/s1. The van der Waals surface area contributed by atoms with Crippen molar-refractivity contribution in [3.05, 3.63) is 59.0 Å². The Bertz CT molecular complexity index is 664. The van der Waals surface area contributed by atoms with Crippen molar-refractivity contribution < 1.29 is 19.1 Å². The van der Waals surface area contributed by atoms with E-state index < -0.39 is 12.0 Å². The second kappa shape index (κ2) is 6.91. The number of aromatic carboxylic acids is 1. The van der Waals surface area contributed by atoms with E-state index in [2.05, 4.69) is 5.32 Å². The third-order valence-electron chi connectivity index (χ3n) is 3.32. The molecule has 6 heteroatoms. The number of nitrogens with one attached hydrogen (secondary N) is 1. The number of carboxylic acid groups (broad SMARTS) is 1. The highest BCUT2D eigenvalue weighted by Gasteiger charge is 2.16. The molecular formula is C16H18N2O4. The van der Waals surface area contributed by atoms with Gasteiger partial charge in [0.15, 0.2) is 0 Å². The van der Waals surface area contributed by atoms with Gasteiger partial charge in [-0.25, -0.2) is 4.79 Å². The van der Waals surface area contributed by atoms with Crippen LogP contribution in [0.4, 0.5) is 0 Å². The number of amides is 1. The number of nitrogens with two attached hydrogens (primary N) is 1. The van der Waals surface area contributed by atoms with Gasteiger partial charge in [-0.05, 0) is 25.0 Å². The lowest BCUT2D eigenvalue weighted by Crippen LogP contribution is -2.41. The highest BCUT2D eigenvalue weighted by molar-refractivity contribution is 5.85. The van der Waals surface area contributed by atoms with Gasteiger partial charge < -0.3 is 20.6 Å². The van der Waals surface area contributed by atoms with Gasteiger partial charge in [0.05, 0.1) is 6.04 Å². The van der Waals surface area contributed by atoms with E-state index in [0.717, 1.165) is 5.56 Å². The molecule has 1 amide bonds. The van der Waals surface area contributed by atoms with Crippen molar-refractivity contribution in [2.45, 2.75) is 25.9 Å². The molecule has 2 aromatic rings. The van der Waals surface area contributed by atoms with E-state index in [1.165, 1.54) is 6.07 Å². The fraction of sp³-hybridized carbons (Fsp3) is 0.250. The Hall–Kier alpha value is -2.60. The van der Waals surface area contributed by atoms with Crippen LogP contribution in [0.3, 0.4) is 0 Å². The zero-order chi connectivity index (χ0) is 16.1. The average molecular weight is 302 g/mol. The van der Waals surface area contributed by atoms with Gasteiger partial charge in [0.1, 0.15) is 5.76 Å². The Kier molecular flexibility index (Phi) is 4.95. The molecule has 0 fully saturated rings. The molecule has 0 aliphatic rings. The van der Waals surface area contributed by atoms with E-state index in [0.29, 0.717) is 17.7 Å². The van der Waals surface area contributed by atoms with E-state index in [-0.39, 0.29) is 18.2 Å². The van der Waals surface area contributed by atoms with Crippen LogP contribution in [0, 0.1) is 6.92 Å². The number of hydrogen-bond acceptors (Lipinski definition) is 4. The third-order valence-corrected chi connectivity index (χ3v) is 3.32. The van der Waals surface area contributed by atoms with Crippen LogP contribution >= 0.6 is 0 Å². The van der Waals surface area contributed by atoms with Gasteiger partial charge in [0.2, 0.25) is 11.7 Å². The summed E-state index contributed by atoms with van der Waals surface area (Å²) in [5.74, 6) is -1.10. The number of aryl methyl sites for hydroxylation is 1. The number of hydrogen-bond donors (Lipinski definition) is 3.